The van der Waals surface area contributed by atoms with E-state index in [1.54, 1.807) is 38.3 Å². The molecule has 1 aromatic carbocycles. The predicted octanol–water partition coefficient (Wildman–Crippen LogP) is 1.53. The van der Waals surface area contributed by atoms with Gasteiger partial charge in [0.1, 0.15) is 18.3 Å². The van der Waals surface area contributed by atoms with E-state index < -0.39 is 23.5 Å². The van der Waals surface area contributed by atoms with E-state index in [9.17, 15) is 19.5 Å². The zero-order valence-electron chi connectivity index (χ0n) is 15.5. The van der Waals surface area contributed by atoms with Gasteiger partial charge in [0.25, 0.3) is 5.56 Å². The van der Waals surface area contributed by atoms with Crippen molar-refractivity contribution in [3.8, 4) is 17.0 Å². The van der Waals surface area contributed by atoms with E-state index in [4.69, 9.17) is 4.74 Å². The normalized spacial score (nSPS) is 12.9. The largest absolute Gasteiger partial charge is 0.497 e. The smallest absolute Gasteiger partial charge is 0.326 e. The van der Waals surface area contributed by atoms with Crippen molar-refractivity contribution >= 4 is 11.9 Å². The lowest BCUT2D eigenvalue weighted by molar-refractivity contribution is -0.143. The molecule has 8 nitrogen and oxygen atoms in total. The van der Waals surface area contributed by atoms with Crippen LogP contribution in [0.2, 0.25) is 0 Å². The van der Waals surface area contributed by atoms with Gasteiger partial charge in [-0.1, -0.05) is 32.4 Å². The SMILES string of the molecule is CCC(C)C(NC(=O)Cn1nc(-c2cccc(OC)c2)ccc1=O)C(=O)O. The summed E-state index contributed by atoms with van der Waals surface area (Å²) in [5.41, 5.74) is 0.775. The van der Waals surface area contributed by atoms with Crippen LogP contribution in [0.4, 0.5) is 0 Å². The summed E-state index contributed by atoms with van der Waals surface area (Å²) < 4.78 is 6.19. The number of rotatable bonds is 8. The Labute approximate surface area is 156 Å². The average Bonchev–Trinajstić information content (AvgIpc) is 2.67. The molecule has 1 amide bonds. The van der Waals surface area contributed by atoms with Crippen molar-refractivity contribution in [1.29, 1.82) is 0 Å². The lowest BCUT2D eigenvalue weighted by Crippen LogP contribution is -2.47. The maximum Gasteiger partial charge on any atom is 0.326 e. The van der Waals surface area contributed by atoms with Crippen molar-refractivity contribution in [3.05, 3.63) is 46.8 Å². The molecule has 2 atom stereocenters. The fourth-order valence-corrected chi connectivity index (χ4v) is 2.54. The number of hydrogen-bond donors (Lipinski definition) is 2. The highest BCUT2D eigenvalue weighted by atomic mass is 16.5. The fourth-order valence-electron chi connectivity index (χ4n) is 2.54. The number of aliphatic carboxylic acids is 1. The van der Waals surface area contributed by atoms with E-state index in [-0.39, 0.29) is 12.5 Å². The number of carboxylic acid groups (broad SMARTS) is 1. The maximum atomic E-state index is 12.3. The molecule has 0 saturated carbocycles. The molecule has 8 heteroatoms. The first-order valence-corrected chi connectivity index (χ1v) is 8.60. The number of benzene rings is 1. The monoisotopic (exact) mass is 373 g/mol. The second kappa shape index (κ2) is 8.98. The van der Waals surface area contributed by atoms with Gasteiger partial charge in [0.15, 0.2) is 0 Å². The molecule has 0 aliphatic rings. The van der Waals surface area contributed by atoms with Gasteiger partial charge in [-0.25, -0.2) is 9.48 Å². The summed E-state index contributed by atoms with van der Waals surface area (Å²) in [7, 11) is 1.55. The highest BCUT2D eigenvalue weighted by Gasteiger charge is 2.25. The second-order valence-electron chi connectivity index (χ2n) is 6.22. The van der Waals surface area contributed by atoms with E-state index >= 15 is 0 Å². The van der Waals surface area contributed by atoms with Crippen LogP contribution in [0.3, 0.4) is 0 Å². The van der Waals surface area contributed by atoms with E-state index in [1.807, 2.05) is 13.0 Å². The molecule has 2 unspecified atom stereocenters. The Bertz CT molecular complexity index is 878. The van der Waals surface area contributed by atoms with Crippen LogP contribution in [0, 0.1) is 5.92 Å². The molecule has 0 fully saturated rings. The Kier molecular flexibility index (Phi) is 6.70. The molecule has 0 saturated heterocycles. The van der Waals surface area contributed by atoms with Gasteiger partial charge in [-0.05, 0) is 24.1 Å². The van der Waals surface area contributed by atoms with Crippen LogP contribution in [-0.4, -0.2) is 39.9 Å². The van der Waals surface area contributed by atoms with Crippen molar-refractivity contribution in [2.24, 2.45) is 5.92 Å². The molecule has 1 aromatic heterocycles. The van der Waals surface area contributed by atoms with E-state index in [1.165, 1.54) is 6.07 Å². The second-order valence-corrected chi connectivity index (χ2v) is 6.22. The quantitative estimate of drug-likeness (QED) is 0.726. The first kappa shape index (κ1) is 20.2. The van der Waals surface area contributed by atoms with Crippen molar-refractivity contribution in [2.45, 2.75) is 32.9 Å². The third-order valence-corrected chi connectivity index (χ3v) is 4.32. The molecular weight excluding hydrogens is 350 g/mol. The maximum absolute atomic E-state index is 12.3. The number of nitrogens with zero attached hydrogens (tertiary/aromatic N) is 2. The molecule has 27 heavy (non-hydrogen) atoms. The van der Waals surface area contributed by atoms with Gasteiger partial charge in [-0.15, -0.1) is 0 Å². The Morgan fingerprint density at radius 3 is 2.67 bits per heavy atom. The zero-order valence-corrected chi connectivity index (χ0v) is 15.5. The molecule has 2 rings (SSSR count). The minimum atomic E-state index is -1.11. The van der Waals surface area contributed by atoms with Gasteiger partial charge in [-0.2, -0.15) is 5.10 Å². The first-order chi connectivity index (χ1) is 12.8. The minimum absolute atomic E-state index is 0.237. The number of ether oxygens (including phenoxy) is 1. The summed E-state index contributed by atoms with van der Waals surface area (Å²) >= 11 is 0. The number of hydrogen-bond acceptors (Lipinski definition) is 5. The van der Waals surface area contributed by atoms with Gasteiger partial charge in [0, 0.05) is 11.6 Å². The number of methoxy groups -OCH3 is 1. The fraction of sp³-hybridized carbons (Fsp3) is 0.368. The molecule has 0 aliphatic heterocycles. The summed E-state index contributed by atoms with van der Waals surface area (Å²) in [6.07, 6.45) is 0.598. The van der Waals surface area contributed by atoms with E-state index in [2.05, 4.69) is 10.4 Å². The number of carbonyl (C=O) groups is 2. The molecule has 144 valence electrons. The number of carbonyl (C=O) groups excluding carboxylic acids is 1. The average molecular weight is 373 g/mol. The highest BCUT2D eigenvalue weighted by Crippen LogP contribution is 2.21. The van der Waals surface area contributed by atoms with Crippen LogP contribution >= 0.6 is 0 Å². The van der Waals surface area contributed by atoms with Crippen LogP contribution < -0.4 is 15.6 Å². The van der Waals surface area contributed by atoms with Crippen molar-refractivity contribution in [1.82, 2.24) is 15.1 Å². The number of aromatic nitrogens is 2. The third kappa shape index (κ3) is 5.16. The van der Waals surface area contributed by atoms with Crippen LogP contribution in [-0.2, 0) is 16.1 Å². The Balaban J connectivity index is 2.22. The van der Waals surface area contributed by atoms with Crippen LogP contribution in [0.25, 0.3) is 11.3 Å². The third-order valence-electron chi connectivity index (χ3n) is 4.32. The standard InChI is InChI=1S/C19H23N3O5/c1-4-12(2)18(19(25)26)20-16(23)11-22-17(24)9-8-15(21-22)13-6-5-7-14(10-13)27-3/h5-10,12,18H,4,11H2,1-3H3,(H,20,23)(H,25,26). The Morgan fingerprint density at radius 2 is 2.04 bits per heavy atom. The minimum Gasteiger partial charge on any atom is -0.497 e. The van der Waals surface area contributed by atoms with Crippen LogP contribution in [0.5, 0.6) is 5.75 Å². The van der Waals surface area contributed by atoms with Crippen molar-refractivity contribution in [2.75, 3.05) is 7.11 Å². The van der Waals surface area contributed by atoms with Crippen molar-refractivity contribution in [3.63, 3.8) is 0 Å². The molecule has 2 N–H and O–H groups in total. The molecule has 2 aromatic rings. The summed E-state index contributed by atoms with van der Waals surface area (Å²) in [5.74, 6) is -1.29. The topological polar surface area (TPSA) is 111 Å². The van der Waals surface area contributed by atoms with E-state index in [0.29, 0.717) is 17.9 Å². The molecule has 0 radical (unpaired) electrons. The summed E-state index contributed by atoms with van der Waals surface area (Å²) in [6, 6.07) is 9.02. The van der Waals surface area contributed by atoms with Gasteiger partial charge in [0.2, 0.25) is 5.91 Å². The highest BCUT2D eigenvalue weighted by molar-refractivity contribution is 5.83. The number of nitrogens with one attached hydrogen (secondary N) is 1. The van der Waals surface area contributed by atoms with Crippen molar-refractivity contribution < 1.29 is 19.4 Å². The van der Waals surface area contributed by atoms with Gasteiger partial charge >= 0.3 is 5.97 Å². The van der Waals surface area contributed by atoms with E-state index in [0.717, 1.165) is 10.2 Å². The zero-order chi connectivity index (χ0) is 20.0. The number of carboxylic acids is 1. The summed E-state index contributed by atoms with van der Waals surface area (Å²) in [4.78, 5) is 35.6. The van der Waals surface area contributed by atoms with Gasteiger partial charge < -0.3 is 15.2 Å². The number of amides is 1. The lowest BCUT2D eigenvalue weighted by Gasteiger charge is -2.20. The summed E-state index contributed by atoms with van der Waals surface area (Å²) in [5, 5.41) is 16.0. The Hall–Kier alpha value is -3.16. The molecule has 1 heterocycles. The molecule has 0 aliphatic carbocycles. The van der Waals surface area contributed by atoms with Gasteiger partial charge in [-0.3, -0.25) is 9.59 Å². The van der Waals surface area contributed by atoms with Crippen LogP contribution in [0.15, 0.2) is 41.2 Å². The molecule has 0 spiro atoms. The lowest BCUT2D eigenvalue weighted by atomic mass is 9.99. The Morgan fingerprint density at radius 1 is 1.30 bits per heavy atom. The molecular formula is C19H23N3O5. The molecule has 0 bridgehead atoms. The van der Waals surface area contributed by atoms with Crippen LogP contribution in [0.1, 0.15) is 20.3 Å². The predicted molar refractivity (Wildman–Crippen MR) is 99.5 cm³/mol. The first-order valence-electron chi connectivity index (χ1n) is 8.60. The summed E-state index contributed by atoms with van der Waals surface area (Å²) in [6.45, 7) is 3.22. The van der Waals surface area contributed by atoms with Gasteiger partial charge in [0.05, 0.1) is 12.8 Å².